The minimum atomic E-state index is -1.58. The van der Waals surface area contributed by atoms with Crippen LogP contribution in [0.1, 0.15) is 11.3 Å². The second-order valence-corrected chi connectivity index (χ2v) is 5.40. The maximum Gasteiger partial charge on any atom is 0.200 e. The van der Waals surface area contributed by atoms with Crippen LogP contribution in [-0.4, -0.2) is 15.3 Å². The van der Waals surface area contributed by atoms with Gasteiger partial charge in [0.05, 0.1) is 17.4 Å². The molecule has 0 amide bonds. The van der Waals surface area contributed by atoms with E-state index >= 15 is 0 Å². The molecule has 4 nitrogen and oxygen atoms in total. The Bertz CT molecular complexity index is 774. The van der Waals surface area contributed by atoms with E-state index in [2.05, 4.69) is 0 Å². The van der Waals surface area contributed by atoms with Crippen LogP contribution in [0.4, 0.5) is 0 Å². The number of phenolic OH excluding ortho intramolecular Hbond substituents is 1. The Balaban J connectivity index is 2.40. The maximum atomic E-state index is 12.3. The molecule has 0 saturated heterocycles. The van der Waals surface area contributed by atoms with E-state index in [4.69, 9.17) is 27.6 Å². The molecule has 6 heteroatoms. The molecule has 0 aliphatic heterocycles. The fraction of sp³-hybridized carbons (Fsp3) is 0.154. The number of rotatable bonds is 0. The number of hydrogen-bond donors (Lipinski definition) is 2. The van der Waals surface area contributed by atoms with E-state index in [1.54, 1.807) is 0 Å². The molecular weight excluding hydrogens is 291 g/mol. The normalized spacial score (nSPS) is 21.6. The Morgan fingerprint density at radius 3 is 2.84 bits per heavy atom. The molecule has 0 radical (unpaired) electrons. The zero-order valence-corrected chi connectivity index (χ0v) is 11.0. The largest absolute Gasteiger partial charge is 0.506 e. The molecule has 0 bridgehead atoms. The third-order valence-electron chi connectivity index (χ3n) is 3.01. The first-order valence-corrected chi connectivity index (χ1v) is 6.22. The zero-order chi connectivity index (χ0) is 13.8. The predicted octanol–water partition coefficient (Wildman–Crippen LogP) is 2.65. The lowest BCUT2D eigenvalue weighted by atomic mass is 10.00. The van der Waals surface area contributed by atoms with Gasteiger partial charge in [-0.15, -0.1) is 0 Å². The van der Waals surface area contributed by atoms with Gasteiger partial charge in [0.2, 0.25) is 0 Å². The van der Waals surface area contributed by atoms with Gasteiger partial charge in [0.15, 0.2) is 16.1 Å². The smallest absolute Gasteiger partial charge is 0.200 e. The number of fused-ring (bicyclic) bond motifs is 2. The van der Waals surface area contributed by atoms with Gasteiger partial charge in [-0.25, -0.2) is 0 Å². The Morgan fingerprint density at radius 2 is 2.11 bits per heavy atom. The number of aliphatic hydroxyl groups is 1. The van der Waals surface area contributed by atoms with E-state index in [1.807, 2.05) is 0 Å². The monoisotopic (exact) mass is 298 g/mol. The lowest BCUT2D eigenvalue weighted by Gasteiger charge is -2.21. The molecule has 3 rings (SSSR count). The molecule has 2 aromatic rings. The molecule has 1 aromatic carbocycles. The van der Waals surface area contributed by atoms with Gasteiger partial charge in [-0.2, -0.15) is 0 Å². The van der Waals surface area contributed by atoms with Crippen molar-refractivity contribution in [2.45, 2.75) is 11.5 Å². The minimum absolute atomic E-state index is 0.0370. The summed E-state index contributed by atoms with van der Waals surface area (Å²) in [5.41, 5.74) is 0.148. The number of benzene rings is 1. The van der Waals surface area contributed by atoms with E-state index in [0.29, 0.717) is 5.56 Å². The standard InChI is InChI=1S/C13H8Cl2O4/c14-10-8(16)2-1-7-11(17)6-3-4-13(15,18)5-9(6)19-12(7)10/h1-4,16,18H,5H2. The molecule has 1 aliphatic carbocycles. The van der Waals surface area contributed by atoms with Gasteiger partial charge in [-0.1, -0.05) is 23.2 Å². The van der Waals surface area contributed by atoms with Crippen LogP contribution in [0.5, 0.6) is 5.75 Å². The first-order valence-electron chi connectivity index (χ1n) is 5.47. The van der Waals surface area contributed by atoms with Crippen LogP contribution in [0.15, 0.2) is 27.4 Å². The highest BCUT2D eigenvalue weighted by molar-refractivity contribution is 6.36. The second kappa shape index (κ2) is 4.00. The van der Waals surface area contributed by atoms with Gasteiger partial charge in [0.1, 0.15) is 16.5 Å². The molecule has 1 atom stereocenters. The second-order valence-electron chi connectivity index (χ2n) is 4.37. The van der Waals surface area contributed by atoms with Gasteiger partial charge >= 0.3 is 0 Å². The van der Waals surface area contributed by atoms with Gasteiger partial charge in [0.25, 0.3) is 0 Å². The summed E-state index contributed by atoms with van der Waals surface area (Å²) in [4.78, 5) is 12.3. The van der Waals surface area contributed by atoms with Gasteiger partial charge in [0, 0.05) is 0 Å². The first kappa shape index (κ1) is 12.5. The van der Waals surface area contributed by atoms with E-state index in [1.165, 1.54) is 24.3 Å². The molecule has 1 aliphatic rings. The molecule has 1 aromatic heterocycles. The maximum absolute atomic E-state index is 12.3. The van der Waals surface area contributed by atoms with E-state index < -0.39 is 5.06 Å². The summed E-state index contributed by atoms with van der Waals surface area (Å²) >= 11 is 11.7. The van der Waals surface area contributed by atoms with Crippen molar-refractivity contribution < 1.29 is 14.6 Å². The lowest BCUT2D eigenvalue weighted by Crippen LogP contribution is -2.26. The highest BCUT2D eigenvalue weighted by Crippen LogP contribution is 2.34. The Hall–Kier alpha value is -1.49. The summed E-state index contributed by atoms with van der Waals surface area (Å²) in [6.07, 6.45) is 2.72. The van der Waals surface area contributed by atoms with Crippen molar-refractivity contribution in [1.29, 1.82) is 0 Å². The quantitative estimate of drug-likeness (QED) is 0.734. The summed E-state index contributed by atoms with van der Waals surface area (Å²) in [6.45, 7) is 0. The molecular formula is C13H8Cl2O4. The lowest BCUT2D eigenvalue weighted by molar-refractivity contribution is 0.171. The molecule has 0 saturated carbocycles. The van der Waals surface area contributed by atoms with Gasteiger partial charge in [-0.3, -0.25) is 4.79 Å². The molecule has 98 valence electrons. The topological polar surface area (TPSA) is 70.7 Å². The van der Waals surface area contributed by atoms with Crippen molar-refractivity contribution in [3.8, 4) is 5.75 Å². The summed E-state index contributed by atoms with van der Waals surface area (Å²) < 4.78 is 5.52. The van der Waals surface area contributed by atoms with Gasteiger partial charge in [-0.05, 0) is 24.3 Å². The first-order chi connectivity index (χ1) is 8.89. The summed E-state index contributed by atoms with van der Waals surface area (Å²) in [6, 6.07) is 2.77. The van der Waals surface area contributed by atoms with Crippen molar-refractivity contribution in [3.05, 3.63) is 44.8 Å². The highest BCUT2D eigenvalue weighted by Gasteiger charge is 2.29. The Morgan fingerprint density at radius 1 is 1.37 bits per heavy atom. The van der Waals surface area contributed by atoms with Crippen LogP contribution in [0.2, 0.25) is 5.02 Å². The van der Waals surface area contributed by atoms with Crippen molar-refractivity contribution in [2.24, 2.45) is 0 Å². The van der Waals surface area contributed by atoms with Crippen molar-refractivity contribution in [3.63, 3.8) is 0 Å². The molecule has 0 spiro atoms. The van der Waals surface area contributed by atoms with E-state index in [0.717, 1.165) is 0 Å². The van der Waals surface area contributed by atoms with Crippen LogP contribution in [0.3, 0.4) is 0 Å². The summed E-state index contributed by atoms with van der Waals surface area (Å²) in [5.74, 6) is 0.0646. The third kappa shape index (κ3) is 1.92. The molecule has 2 N–H and O–H groups in total. The zero-order valence-electron chi connectivity index (χ0n) is 9.48. The fourth-order valence-electron chi connectivity index (χ4n) is 2.07. The van der Waals surface area contributed by atoms with E-state index in [-0.39, 0.29) is 39.4 Å². The third-order valence-corrected chi connectivity index (χ3v) is 3.63. The molecule has 1 unspecified atom stereocenters. The fourth-order valence-corrected chi connectivity index (χ4v) is 2.46. The van der Waals surface area contributed by atoms with Gasteiger partial charge < -0.3 is 14.6 Å². The van der Waals surface area contributed by atoms with Crippen LogP contribution in [-0.2, 0) is 6.42 Å². The van der Waals surface area contributed by atoms with Crippen LogP contribution >= 0.6 is 23.2 Å². The molecule has 1 heterocycles. The number of hydrogen-bond acceptors (Lipinski definition) is 4. The van der Waals surface area contributed by atoms with Crippen molar-refractivity contribution >= 4 is 40.2 Å². The highest BCUT2D eigenvalue weighted by atomic mass is 35.5. The number of alkyl halides is 1. The van der Waals surface area contributed by atoms with Crippen LogP contribution in [0.25, 0.3) is 17.0 Å². The number of phenols is 1. The average Bonchev–Trinajstić information content (AvgIpc) is 2.33. The van der Waals surface area contributed by atoms with E-state index in [9.17, 15) is 15.0 Å². The van der Waals surface area contributed by atoms with Crippen molar-refractivity contribution in [1.82, 2.24) is 0 Å². The minimum Gasteiger partial charge on any atom is -0.506 e. The van der Waals surface area contributed by atoms with Crippen molar-refractivity contribution in [2.75, 3.05) is 0 Å². The summed E-state index contributed by atoms with van der Waals surface area (Å²) in [7, 11) is 0. The predicted molar refractivity (Wildman–Crippen MR) is 72.7 cm³/mol. The number of aromatic hydroxyl groups is 1. The number of halogens is 2. The average molecular weight is 299 g/mol. The Labute approximate surface area is 117 Å². The van der Waals surface area contributed by atoms with Crippen LogP contribution < -0.4 is 5.43 Å². The SMILES string of the molecule is O=c1c2c(oc3c(Cl)c(O)ccc13)CC(O)(Cl)C=C2. The summed E-state index contributed by atoms with van der Waals surface area (Å²) in [5, 5.41) is 17.9. The molecule has 19 heavy (non-hydrogen) atoms. The van der Waals surface area contributed by atoms with Crippen LogP contribution in [0, 0.1) is 0 Å². The Kier molecular flexibility index (Phi) is 2.64. The molecule has 0 fully saturated rings.